The van der Waals surface area contributed by atoms with Crippen LogP contribution in [0.25, 0.3) is 0 Å². The van der Waals surface area contributed by atoms with E-state index in [1.54, 1.807) is 0 Å². The summed E-state index contributed by atoms with van der Waals surface area (Å²) in [6, 6.07) is 1.38. The minimum Gasteiger partial charge on any atom is -0.333 e. The Labute approximate surface area is 108 Å². The van der Waals surface area contributed by atoms with E-state index in [0.717, 1.165) is 7.05 Å². The fourth-order valence-corrected chi connectivity index (χ4v) is 1.34. The lowest BCUT2D eigenvalue weighted by atomic mass is 10.2. The Hall–Kier alpha value is -2.07. The van der Waals surface area contributed by atoms with Gasteiger partial charge >= 0.3 is 6.18 Å². The molecule has 1 aromatic rings. The average Bonchev–Trinajstić information content (AvgIpc) is 2.33. The second-order valence-corrected chi connectivity index (χ2v) is 3.74. The fourth-order valence-electron chi connectivity index (χ4n) is 1.34. The Bertz CT molecular complexity index is 517. The van der Waals surface area contributed by atoms with Gasteiger partial charge in [-0.05, 0) is 6.07 Å². The van der Waals surface area contributed by atoms with Gasteiger partial charge in [0.2, 0.25) is 0 Å². The van der Waals surface area contributed by atoms with Crippen molar-refractivity contribution < 1.29 is 18.0 Å². The van der Waals surface area contributed by atoms with Crippen molar-refractivity contribution in [1.82, 2.24) is 9.88 Å². The van der Waals surface area contributed by atoms with Crippen LogP contribution >= 0.6 is 0 Å². The lowest BCUT2D eigenvalue weighted by Crippen LogP contribution is -2.35. The molecule has 4 nitrogen and oxygen atoms in total. The molecular weight excluding hydrogens is 259 g/mol. The van der Waals surface area contributed by atoms with Crippen LogP contribution in [-0.2, 0) is 0 Å². The van der Waals surface area contributed by atoms with Gasteiger partial charge in [-0.2, -0.15) is 13.2 Å². The lowest BCUT2D eigenvalue weighted by molar-refractivity contribution is -0.138. The van der Waals surface area contributed by atoms with Crippen LogP contribution in [0, 0.1) is 11.8 Å². The molecule has 0 spiro atoms. The first-order valence-electron chi connectivity index (χ1n) is 5.29. The molecule has 0 radical (unpaired) electrons. The molecule has 0 bridgehead atoms. The molecule has 0 aromatic carbocycles. The summed E-state index contributed by atoms with van der Waals surface area (Å²) in [5, 5.41) is 0. The van der Waals surface area contributed by atoms with Crippen molar-refractivity contribution in [3.63, 3.8) is 0 Å². The molecule has 2 N–H and O–H groups in total. The van der Waals surface area contributed by atoms with E-state index in [1.165, 1.54) is 18.5 Å². The van der Waals surface area contributed by atoms with E-state index < -0.39 is 18.6 Å². The first-order valence-corrected chi connectivity index (χ1v) is 5.29. The molecule has 19 heavy (non-hydrogen) atoms. The highest BCUT2D eigenvalue weighted by Gasteiger charge is 2.31. The summed E-state index contributed by atoms with van der Waals surface area (Å²) in [4.78, 5) is 16.1. The zero-order chi connectivity index (χ0) is 14.5. The molecule has 0 fully saturated rings. The molecule has 1 rings (SSSR count). The number of hydrogen-bond acceptors (Lipinski definition) is 3. The minimum absolute atomic E-state index is 0.0515. The molecule has 1 aromatic heterocycles. The van der Waals surface area contributed by atoms with Crippen molar-refractivity contribution in [2.75, 3.05) is 20.1 Å². The monoisotopic (exact) mass is 271 g/mol. The topological polar surface area (TPSA) is 59.2 Å². The number of nitrogens with two attached hydrogens (primary N) is 1. The van der Waals surface area contributed by atoms with Crippen molar-refractivity contribution in [2.45, 2.75) is 6.18 Å². The summed E-state index contributed by atoms with van der Waals surface area (Å²) in [7, 11) is 1.08. The molecule has 0 aliphatic heterocycles. The summed E-state index contributed by atoms with van der Waals surface area (Å²) in [5.74, 6) is 4.46. The van der Waals surface area contributed by atoms with Gasteiger partial charge in [0.25, 0.3) is 5.91 Å². The quantitative estimate of drug-likeness (QED) is 0.817. The molecule has 0 aliphatic rings. The second-order valence-electron chi connectivity index (χ2n) is 3.74. The zero-order valence-corrected chi connectivity index (χ0v) is 10.2. The Morgan fingerprint density at radius 3 is 2.74 bits per heavy atom. The van der Waals surface area contributed by atoms with Crippen LogP contribution in [0.1, 0.15) is 15.9 Å². The molecule has 0 saturated heterocycles. The van der Waals surface area contributed by atoms with Crippen LogP contribution in [0.5, 0.6) is 0 Å². The number of nitrogens with zero attached hydrogens (tertiary/aromatic N) is 2. The van der Waals surface area contributed by atoms with Gasteiger partial charge in [-0.25, -0.2) is 0 Å². The van der Waals surface area contributed by atoms with Gasteiger partial charge in [-0.15, -0.1) is 0 Å². The summed E-state index contributed by atoms with van der Waals surface area (Å²) in [6.45, 7) is -1.17. The van der Waals surface area contributed by atoms with Gasteiger partial charge in [0.1, 0.15) is 6.54 Å². The van der Waals surface area contributed by atoms with E-state index in [1.807, 2.05) is 0 Å². The summed E-state index contributed by atoms with van der Waals surface area (Å²) in [6.07, 6.45) is -1.83. The molecule has 0 aliphatic carbocycles. The van der Waals surface area contributed by atoms with Crippen molar-refractivity contribution in [3.8, 4) is 11.8 Å². The molecular formula is C12H12F3N3O. The predicted molar refractivity (Wildman–Crippen MR) is 63.2 cm³/mol. The summed E-state index contributed by atoms with van der Waals surface area (Å²) < 4.78 is 36.5. The highest BCUT2D eigenvalue weighted by molar-refractivity contribution is 5.94. The molecule has 0 saturated carbocycles. The van der Waals surface area contributed by atoms with Gasteiger partial charge in [-0.3, -0.25) is 9.78 Å². The van der Waals surface area contributed by atoms with Crippen molar-refractivity contribution in [1.29, 1.82) is 0 Å². The van der Waals surface area contributed by atoms with E-state index in [9.17, 15) is 18.0 Å². The highest BCUT2D eigenvalue weighted by atomic mass is 19.4. The SMILES string of the molecule is CN(CC(F)(F)F)C(=O)c1cncc(C#CCN)c1. The number of carbonyl (C=O) groups excluding carboxylic acids is 1. The van der Waals surface area contributed by atoms with Crippen LogP contribution in [0.4, 0.5) is 13.2 Å². The normalized spacial score (nSPS) is 10.6. The van der Waals surface area contributed by atoms with E-state index in [2.05, 4.69) is 16.8 Å². The van der Waals surface area contributed by atoms with Crippen LogP contribution in [0.2, 0.25) is 0 Å². The average molecular weight is 271 g/mol. The maximum atomic E-state index is 12.2. The van der Waals surface area contributed by atoms with E-state index in [0.29, 0.717) is 10.5 Å². The highest BCUT2D eigenvalue weighted by Crippen LogP contribution is 2.17. The predicted octanol–water partition coefficient (Wildman–Crippen LogP) is 1.03. The van der Waals surface area contributed by atoms with E-state index >= 15 is 0 Å². The molecule has 0 atom stereocenters. The summed E-state index contributed by atoms with van der Waals surface area (Å²) >= 11 is 0. The van der Waals surface area contributed by atoms with Crippen molar-refractivity contribution >= 4 is 5.91 Å². The number of pyridine rings is 1. The van der Waals surface area contributed by atoms with E-state index in [4.69, 9.17) is 5.73 Å². The van der Waals surface area contributed by atoms with Crippen molar-refractivity contribution in [2.24, 2.45) is 5.73 Å². The Kier molecular flexibility index (Phi) is 4.89. The minimum atomic E-state index is -4.44. The second kappa shape index (κ2) is 6.20. The maximum absolute atomic E-state index is 12.2. The number of carbonyl (C=O) groups is 1. The summed E-state index contributed by atoms with van der Waals surface area (Å²) in [5.41, 5.74) is 5.68. The molecule has 0 unspecified atom stereocenters. The third kappa shape index (κ3) is 4.97. The first-order chi connectivity index (χ1) is 8.83. The number of alkyl halides is 3. The number of halogens is 3. The van der Waals surface area contributed by atoms with Crippen LogP contribution in [0.15, 0.2) is 18.5 Å². The van der Waals surface area contributed by atoms with Gasteiger partial charge < -0.3 is 10.6 Å². The Morgan fingerprint density at radius 1 is 1.47 bits per heavy atom. The van der Waals surface area contributed by atoms with Gasteiger partial charge in [0, 0.05) is 25.0 Å². The maximum Gasteiger partial charge on any atom is 0.406 e. The molecule has 1 heterocycles. The molecule has 102 valence electrons. The Morgan fingerprint density at radius 2 is 2.16 bits per heavy atom. The fraction of sp³-hybridized carbons (Fsp3) is 0.333. The van der Waals surface area contributed by atoms with Crippen molar-refractivity contribution in [3.05, 3.63) is 29.6 Å². The third-order valence-corrected chi connectivity index (χ3v) is 2.08. The number of hydrogen-bond donors (Lipinski definition) is 1. The number of rotatable bonds is 2. The van der Waals surface area contributed by atoms with Crippen LogP contribution in [-0.4, -0.2) is 42.1 Å². The third-order valence-electron chi connectivity index (χ3n) is 2.08. The smallest absolute Gasteiger partial charge is 0.333 e. The molecule has 1 amide bonds. The van der Waals surface area contributed by atoms with Crippen LogP contribution < -0.4 is 5.73 Å². The van der Waals surface area contributed by atoms with E-state index in [-0.39, 0.29) is 12.1 Å². The molecule has 7 heteroatoms. The van der Waals surface area contributed by atoms with Gasteiger partial charge in [-0.1, -0.05) is 11.8 Å². The standard InChI is InChI=1S/C12H12F3N3O/c1-18(8-12(13,14)15)11(19)10-5-9(3-2-4-16)6-17-7-10/h5-7H,4,8,16H2,1H3. The number of amides is 1. The van der Waals surface area contributed by atoms with Crippen LogP contribution in [0.3, 0.4) is 0 Å². The largest absolute Gasteiger partial charge is 0.406 e. The first kappa shape index (κ1) is 15.0. The lowest BCUT2D eigenvalue weighted by Gasteiger charge is -2.18. The van der Waals surface area contributed by atoms with Gasteiger partial charge in [0.15, 0.2) is 0 Å². The number of aromatic nitrogens is 1. The van der Waals surface area contributed by atoms with Gasteiger partial charge in [0.05, 0.1) is 12.1 Å². The zero-order valence-electron chi connectivity index (χ0n) is 10.2. The Balaban J connectivity index is 2.88.